The average molecular weight is 372 g/mol. The number of carboxylic acid groups (broad SMARTS) is 1. The standard InChI is InChI=1S/C21H16N4O3/c26-21(27)28-13-6-7-16-15(12-13)14(8-10-23-16)19-18-5-3-11-25(18)24-20(19)17-4-1-2-9-22-17/h1-2,4,6-10,12H,3,5,11H2,(H,26,27). The maximum atomic E-state index is 11.0. The second kappa shape index (κ2) is 6.45. The van der Waals surface area contributed by atoms with E-state index in [1.165, 1.54) is 0 Å². The number of aryl methyl sites for hydroxylation is 1. The number of hydrogen-bond donors (Lipinski definition) is 1. The minimum atomic E-state index is -1.34. The Morgan fingerprint density at radius 1 is 1.11 bits per heavy atom. The van der Waals surface area contributed by atoms with E-state index in [0.717, 1.165) is 58.5 Å². The predicted molar refractivity (Wildman–Crippen MR) is 103 cm³/mol. The molecular formula is C21H16N4O3. The van der Waals surface area contributed by atoms with Crippen LogP contribution in [-0.2, 0) is 13.0 Å². The first-order valence-electron chi connectivity index (χ1n) is 9.02. The number of benzene rings is 1. The van der Waals surface area contributed by atoms with Crippen LogP contribution >= 0.6 is 0 Å². The monoisotopic (exact) mass is 372 g/mol. The second-order valence-electron chi connectivity index (χ2n) is 6.62. The molecule has 1 aromatic carbocycles. The zero-order valence-corrected chi connectivity index (χ0v) is 14.9. The van der Waals surface area contributed by atoms with Crippen molar-refractivity contribution in [2.75, 3.05) is 0 Å². The van der Waals surface area contributed by atoms with Crippen LogP contribution in [0.5, 0.6) is 5.75 Å². The third-order valence-electron chi connectivity index (χ3n) is 4.94. The summed E-state index contributed by atoms with van der Waals surface area (Å²) < 4.78 is 6.90. The third kappa shape index (κ3) is 2.68. The van der Waals surface area contributed by atoms with Crippen LogP contribution in [0.2, 0.25) is 0 Å². The molecule has 4 heterocycles. The first-order valence-corrected chi connectivity index (χ1v) is 9.02. The van der Waals surface area contributed by atoms with Crippen LogP contribution in [0, 0.1) is 0 Å². The van der Waals surface area contributed by atoms with E-state index >= 15 is 0 Å². The van der Waals surface area contributed by atoms with Crippen LogP contribution < -0.4 is 4.74 Å². The molecule has 0 saturated heterocycles. The maximum Gasteiger partial charge on any atom is 0.511 e. The van der Waals surface area contributed by atoms with Gasteiger partial charge in [-0.15, -0.1) is 0 Å². The van der Waals surface area contributed by atoms with Gasteiger partial charge in [0.2, 0.25) is 0 Å². The number of pyridine rings is 2. The van der Waals surface area contributed by atoms with E-state index in [-0.39, 0.29) is 5.75 Å². The molecule has 0 radical (unpaired) electrons. The van der Waals surface area contributed by atoms with Crippen molar-refractivity contribution in [2.24, 2.45) is 0 Å². The summed E-state index contributed by atoms with van der Waals surface area (Å²) in [7, 11) is 0. The highest BCUT2D eigenvalue weighted by atomic mass is 16.7. The highest BCUT2D eigenvalue weighted by Crippen LogP contribution is 2.40. The Morgan fingerprint density at radius 3 is 2.86 bits per heavy atom. The molecule has 0 amide bonds. The van der Waals surface area contributed by atoms with Crippen LogP contribution in [-0.4, -0.2) is 31.0 Å². The highest BCUT2D eigenvalue weighted by Gasteiger charge is 2.25. The lowest BCUT2D eigenvalue weighted by molar-refractivity contribution is 0.144. The predicted octanol–water partition coefficient (Wildman–Crippen LogP) is 4.16. The number of rotatable bonds is 3. The second-order valence-corrected chi connectivity index (χ2v) is 6.62. The van der Waals surface area contributed by atoms with E-state index in [1.54, 1.807) is 30.6 Å². The normalized spacial score (nSPS) is 12.9. The SMILES string of the molecule is O=C(O)Oc1ccc2nccc(-c3c(-c4ccccn4)nn4c3CCC4)c2c1. The number of nitrogens with zero attached hydrogens (tertiary/aromatic N) is 4. The van der Waals surface area contributed by atoms with Crippen molar-refractivity contribution < 1.29 is 14.6 Å². The Bertz CT molecular complexity index is 1200. The van der Waals surface area contributed by atoms with Gasteiger partial charge in [0.1, 0.15) is 11.4 Å². The van der Waals surface area contributed by atoms with E-state index in [2.05, 4.69) is 9.97 Å². The molecule has 7 nitrogen and oxygen atoms in total. The molecule has 7 heteroatoms. The topological polar surface area (TPSA) is 90.1 Å². The van der Waals surface area contributed by atoms with Gasteiger partial charge in [0, 0.05) is 35.6 Å². The van der Waals surface area contributed by atoms with Gasteiger partial charge in [0.15, 0.2) is 0 Å². The molecule has 0 unspecified atom stereocenters. The molecule has 5 rings (SSSR count). The van der Waals surface area contributed by atoms with Gasteiger partial charge in [-0.05, 0) is 54.8 Å². The molecular weight excluding hydrogens is 356 g/mol. The molecule has 1 aliphatic rings. The lowest BCUT2D eigenvalue weighted by atomic mass is 9.96. The maximum absolute atomic E-state index is 11.0. The number of ether oxygens (including phenoxy) is 1. The summed E-state index contributed by atoms with van der Waals surface area (Å²) in [6, 6.07) is 12.8. The first-order chi connectivity index (χ1) is 13.7. The van der Waals surface area contributed by atoms with E-state index in [9.17, 15) is 4.79 Å². The van der Waals surface area contributed by atoms with Crippen molar-refractivity contribution in [1.29, 1.82) is 0 Å². The molecule has 0 bridgehead atoms. The number of hydrogen-bond acceptors (Lipinski definition) is 5. The van der Waals surface area contributed by atoms with E-state index in [1.807, 2.05) is 28.9 Å². The van der Waals surface area contributed by atoms with Gasteiger partial charge < -0.3 is 9.84 Å². The van der Waals surface area contributed by atoms with Crippen molar-refractivity contribution in [2.45, 2.75) is 19.4 Å². The van der Waals surface area contributed by atoms with Crippen LogP contribution in [0.25, 0.3) is 33.4 Å². The van der Waals surface area contributed by atoms with E-state index in [4.69, 9.17) is 14.9 Å². The summed E-state index contributed by atoms with van der Waals surface area (Å²) in [5, 5.41) is 14.6. The molecule has 4 aromatic rings. The first kappa shape index (κ1) is 16.4. The Balaban J connectivity index is 1.78. The lowest BCUT2D eigenvalue weighted by Gasteiger charge is -2.10. The molecule has 0 spiro atoms. The van der Waals surface area contributed by atoms with Gasteiger partial charge in [-0.3, -0.25) is 14.6 Å². The van der Waals surface area contributed by atoms with Crippen molar-refractivity contribution in [1.82, 2.24) is 19.7 Å². The molecule has 1 aliphatic heterocycles. The Morgan fingerprint density at radius 2 is 2.04 bits per heavy atom. The van der Waals surface area contributed by atoms with Crippen molar-refractivity contribution >= 4 is 17.1 Å². The fourth-order valence-electron chi connectivity index (χ4n) is 3.80. The third-order valence-corrected chi connectivity index (χ3v) is 4.94. The summed E-state index contributed by atoms with van der Waals surface area (Å²) in [4.78, 5) is 19.9. The molecule has 28 heavy (non-hydrogen) atoms. The largest absolute Gasteiger partial charge is 0.511 e. The molecule has 0 aliphatic carbocycles. The minimum absolute atomic E-state index is 0.262. The smallest absolute Gasteiger partial charge is 0.449 e. The van der Waals surface area contributed by atoms with Crippen molar-refractivity contribution in [3.8, 4) is 28.3 Å². The Labute approximate surface area is 160 Å². The quantitative estimate of drug-likeness (QED) is 0.429. The van der Waals surface area contributed by atoms with Crippen LogP contribution in [0.15, 0.2) is 54.9 Å². The van der Waals surface area contributed by atoms with Crippen LogP contribution in [0.4, 0.5) is 4.79 Å². The minimum Gasteiger partial charge on any atom is -0.449 e. The number of fused-ring (bicyclic) bond motifs is 2. The van der Waals surface area contributed by atoms with Gasteiger partial charge in [0.25, 0.3) is 0 Å². The summed E-state index contributed by atoms with van der Waals surface area (Å²) >= 11 is 0. The summed E-state index contributed by atoms with van der Waals surface area (Å²) in [5.74, 6) is 0.262. The molecule has 1 N–H and O–H groups in total. The fourth-order valence-corrected chi connectivity index (χ4v) is 3.80. The Hall–Kier alpha value is -3.74. The van der Waals surface area contributed by atoms with E-state index in [0.29, 0.717) is 0 Å². The summed E-state index contributed by atoms with van der Waals surface area (Å²) in [6.45, 7) is 0.881. The molecule has 3 aromatic heterocycles. The van der Waals surface area contributed by atoms with Gasteiger partial charge in [0.05, 0.1) is 11.2 Å². The lowest BCUT2D eigenvalue weighted by Crippen LogP contribution is -2.02. The molecule has 0 atom stereocenters. The molecule has 0 saturated carbocycles. The van der Waals surface area contributed by atoms with Crippen LogP contribution in [0.3, 0.4) is 0 Å². The number of carbonyl (C=O) groups is 1. The number of aromatic nitrogens is 4. The Kier molecular flexibility index (Phi) is 3.79. The fraction of sp³-hybridized carbons (Fsp3) is 0.143. The van der Waals surface area contributed by atoms with Gasteiger partial charge >= 0.3 is 6.16 Å². The van der Waals surface area contributed by atoms with Crippen molar-refractivity contribution in [3.63, 3.8) is 0 Å². The van der Waals surface area contributed by atoms with E-state index < -0.39 is 6.16 Å². The summed E-state index contributed by atoms with van der Waals surface area (Å²) in [5.41, 5.74) is 5.54. The van der Waals surface area contributed by atoms with Crippen molar-refractivity contribution in [3.05, 3.63) is 60.6 Å². The zero-order valence-electron chi connectivity index (χ0n) is 14.9. The highest BCUT2D eigenvalue weighted by molar-refractivity contribution is 5.99. The molecule has 0 fully saturated rings. The zero-order chi connectivity index (χ0) is 19.1. The van der Waals surface area contributed by atoms with Gasteiger partial charge in [-0.1, -0.05) is 6.07 Å². The summed E-state index contributed by atoms with van der Waals surface area (Å²) in [6.07, 6.45) is 4.16. The molecule has 138 valence electrons. The van der Waals surface area contributed by atoms with Gasteiger partial charge in [-0.25, -0.2) is 4.79 Å². The average Bonchev–Trinajstić information content (AvgIpc) is 3.29. The van der Waals surface area contributed by atoms with Gasteiger partial charge in [-0.2, -0.15) is 5.10 Å². The van der Waals surface area contributed by atoms with Crippen LogP contribution in [0.1, 0.15) is 12.1 Å².